The van der Waals surface area contributed by atoms with Gasteiger partial charge in [0.25, 0.3) is 0 Å². The summed E-state index contributed by atoms with van der Waals surface area (Å²) < 4.78 is 2.25. The minimum atomic E-state index is 0.565. The summed E-state index contributed by atoms with van der Waals surface area (Å²) in [6, 6.07) is 0.565. The molecule has 0 saturated heterocycles. The van der Waals surface area contributed by atoms with E-state index in [0.717, 1.165) is 0 Å². The van der Waals surface area contributed by atoms with Crippen molar-refractivity contribution in [3.63, 3.8) is 0 Å². The third-order valence-corrected chi connectivity index (χ3v) is 1.74. The first-order valence-corrected chi connectivity index (χ1v) is 3.35. The molecule has 0 aromatic heterocycles. The zero-order chi connectivity index (χ0) is 6.85. The van der Waals surface area contributed by atoms with Crippen molar-refractivity contribution in [3.8, 4) is 0 Å². The van der Waals surface area contributed by atoms with E-state index in [0.29, 0.717) is 6.04 Å². The molecule has 0 bridgehead atoms. The number of rotatable bonds is 1. The molecule has 1 atom stereocenters. The summed E-state index contributed by atoms with van der Waals surface area (Å²) in [5.74, 6) is 0. The summed E-state index contributed by atoms with van der Waals surface area (Å²) in [5, 5.41) is 0. The van der Waals surface area contributed by atoms with E-state index in [1.165, 1.54) is 5.71 Å². The Morgan fingerprint density at radius 3 is 2.56 bits per heavy atom. The SMILES string of the molecule is C[B][N+]1=C(C)C=CC1C. The van der Waals surface area contributed by atoms with Crippen LogP contribution in [-0.2, 0) is 0 Å². The molecule has 47 valence electrons. The molecule has 0 N–H and O–H groups in total. The summed E-state index contributed by atoms with van der Waals surface area (Å²) >= 11 is 0. The van der Waals surface area contributed by atoms with Gasteiger partial charge >= 0.3 is 7.41 Å². The van der Waals surface area contributed by atoms with Crippen LogP contribution in [0.25, 0.3) is 0 Å². The van der Waals surface area contributed by atoms with Crippen LogP contribution in [0.5, 0.6) is 0 Å². The molecule has 0 amide bonds. The van der Waals surface area contributed by atoms with Crippen LogP contribution < -0.4 is 0 Å². The summed E-state index contributed by atoms with van der Waals surface area (Å²) in [7, 11) is 2.11. The highest BCUT2D eigenvalue weighted by Gasteiger charge is 2.19. The molecule has 1 heterocycles. The quantitative estimate of drug-likeness (QED) is 0.456. The predicted octanol–water partition coefficient (Wildman–Crippen LogP) is 1.09. The van der Waals surface area contributed by atoms with Crippen molar-refractivity contribution >= 4 is 13.1 Å². The lowest BCUT2D eigenvalue weighted by atomic mass is 9.96. The monoisotopic (exact) mass is 121 g/mol. The smallest absolute Gasteiger partial charge is 0.314 e. The molecule has 0 aromatic rings. The van der Waals surface area contributed by atoms with Gasteiger partial charge in [0.15, 0.2) is 0 Å². The fraction of sp³-hybridized carbons (Fsp3) is 0.571. The van der Waals surface area contributed by atoms with Crippen molar-refractivity contribution in [1.29, 1.82) is 0 Å². The molecule has 0 spiro atoms. The maximum Gasteiger partial charge on any atom is 0.530 e. The van der Waals surface area contributed by atoms with Gasteiger partial charge in [0.05, 0.1) is 0 Å². The van der Waals surface area contributed by atoms with E-state index in [4.69, 9.17) is 0 Å². The van der Waals surface area contributed by atoms with Crippen LogP contribution in [0.15, 0.2) is 12.2 Å². The number of nitrogens with zero attached hydrogens (tertiary/aromatic N) is 1. The van der Waals surface area contributed by atoms with Gasteiger partial charge in [0, 0.05) is 13.0 Å². The van der Waals surface area contributed by atoms with E-state index in [-0.39, 0.29) is 0 Å². The molecule has 1 unspecified atom stereocenters. The largest absolute Gasteiger partial charge is 0.530 e. The summed E-state index contributed by atoms with van der Waals surface area (Å²) in [4.78, 5) is 0. The molecule has 1 radical (unpaired) electrons. The summed E-state index contributed by atoms with van der Waals surface area (Å²) in [6.45, 7) is 6.38. The number of allylic oxidation sites excluding steroid dienone is 1. The summed E-state index contributed by atoms with van der Waals surface area (Å²) in [6.07, 6.45) is 4.36. The highest BCUT2D eigenvalue weighted by molar-refractivity contribution is 6.25. The predicted molar refractivity (Wildman–Crippen MR) is 41.2 cm³/mol. The molecule has 1 rings (SSSR count). The zero-order valence-electron chi connectivity index (χ0n) is 6.26. The molecular formula is C7H12BN+. The van der Waals surface area contributed by atoms with E-state index >= 15 is 0 Å². The molecular weight excluding hydrogens is 109 g/mol. The Morgan fingerprint density at radius 1 is 1.67 bits per heavy atom. The van der Waals surface area contributed by atoms with E-state index in [1.807, 2.05) is 0 Å². The highest BCUT2D eigenvalue weighted by atomic mass is 15.0. The second-order valence-corrected chi connectivity index (χ2v) is 2.41. The molecule has 0 fully saturated rings. The lowest BCUT2D eigenvalue weighted by Gasteiger charge is -2.00. The van der Waals surface area contributed by atoms with Crippen LogP contribution >= 0.6 is 0 Å². The van der Waals surface area contributed by atoms with Crippen molar-refractivity contribution in [1.82, 2.24) is 0 Å². The Kier molecular flexibility index (Phi) is 1.74. The Morgan fingerprint density at radius 2 is 2.33 bits per heavy atom. The molecule has 2 heteroatoms. The fourth-order valence-corrected chi connectivity index (χ4v) is 1.22. The fourth-order valence-electron chi connectivity index (χ4n) is 1.22. The van der Waals surface area contributed by atoms with Crippen molar-refractivity contribution in [2.45, 2.75) is 26.7 Å². The van der Waals surface area contributed by atoms with E-state index in [9.17, 15) is 0 Å². The van der Waals surface area contributed by atoms with Crippen LogP contribution in [-0.4, -0.2) is 23.7 Å². The average molecular weight is 121 g/mol. The standard InChI is InChI=1S/C7H12BN/c1-6-4-5-7(2)9(6)8-3/h4-6H,1-3H3/q+1. The lowest BCUT2D eigenvalue weighted by molar-refractivity contribution is -0.404. The lowest BCUT2D eigenvalue weighted by Crippen LogP contribution is -2.23. The molecule has 1 nitrogen and oxygen atoms in total. The Hall–Kier alpha value is -0.525. The van der Waals surface area contributed by atoms with Gasteiger partial charge in [-0.2, -0.15) is 0 Å². The maximum atomic E-state index is 2.25. The molecule has 0 saturated carbocycles. The topological polar surface area (TPSA) is 3.01 Å². The number of hydrogen-bond acceptors (Lipinski definition) is 0. The first kappa shape index (κ1) is 6.59. The molecule has 1 aliphatic heterocycles. The van der Waals surface area contributed by atoms with E-state index < -0.39 is 0 Å². The zero-order valence-corrected chi connectivity index (χ0v) is 6.26. The van der Waals surface area contributed by atoms with Gasteiger partial charge in [-0.3, -0.25) is 0 Å². The van der Waals surface area contributed by atoms with Gasteiger partial charge in [-0.1, -0.05) is 0 Å². The Bertz CT molecular complexity index is 170. The first-order valence-electron chi connectivity index (χ1n) is 3.35. The van der Waals surface area contributed by atoms with Crippen molar-refractivity contribution in [3.05, 3.63) is 12.2 Å². The molecule has 1 aliphatic rings. The van der Waals surface area contributed by atoms with Crippen LogP contribution in [0, 0.1) is 0 Å². The minimum Gasteiger partial charge on any atom is -0.314 e. The Labute approximate surface area is 57.3 Å². The maximum absolute atomic E-state index is 2.25. The van der Waals surface area contributed by atoms with Gasteiger partial charge in [-0.05, 0) is 19.8 Å². The van der Waals surface area contributed by atoms with E-state index in [1.54, 1.807) is 0 Å². The van der Waals surface area contributed by atoms with Crippen molar-refractivity contribution < 1.29 is 4.49 Å². The van der Waals surface area contributed by atoms with Crippen LogP contribution in [0.2, 0.25) is 6.82 Å². The second kappa shape index (κ2) is 2.38. The number of hydrogen-bond donors (Lipinski definition) is 0. The third-order valence-electron chi connectivity index (χ3n) is 1.74. The van der Waals surface area contributed by atoms with Crippen molar-refractivity contribution in [2.24, 2.45) is 0 Å². The van der Waals surface area contributed by atoms with Gasteiger partial charge in [-0.25, -0.2) is 0 Å². The molecule has 0 aliphatic carbocycles. The Balaban J connectivity index is 2.79. The van der Waals surface area contributed by atoms with Gasteiger partial charge < -0.3 is 4.49 Å². The third kappa shape index (κ3) is 1.07. The summed E-state index contributed by atoms with van der Waals surface area (Å²) in [5.41, 5.74) is 1.34. The van der Waals surface area contributed by atoms with Gasteiger partial charge in [-0.15, -0.1) is 0 Å². The van der Waals surface area contributed by atoms with Gasteiger partial charge in [0.1, 0.15) is 11.8 Å². The minimum absolute atomic E-state index is 0.565. The average Bonchev–Trinajstić information content (AvgIpc) is 2.12. The van der Waals surface area contributed by atoms with Gasteiger partial charge in [0.2, 0.25) is 0 Å². The van der Waals surface area contributed by atoms with Crippen molar-refractivity contribution in [2.75, 3.05) is 0 Å². The van der Waals surface area contributed by atoms with Crippen LogP contribution in [0.4, 0.5) is 0 Å². The molecule has 0 aromatic carbocycles. The normalized spacial score (nSPS) is 25.4. The second-order valence-electron chi connectivity index (χ2n) is 2.41. The van der Waals surface area contributed by atoms with Crippen LogP contribution in [0.3, 0.4) is 0 Å². The molecule has 9 heavy (non-hydrogen) atoms. The van der Waals surface area contributed by atoms with E-state index in [2.05, 4.69) is 44.7 Å². The first-order chi connectivity index (χ1) is 4.25. The highest BCUT2D eigenvalue weighted by Crippen LogP contribution is 2.01. The van der Waals surface area contributed by atoms with Crippen LogP contribution in [0.1, 0.15) is 13.8 Å².